The van der Waals surface area contributed by atoms with Crippen LogP contribution < -0.4 is 0 Å². The van der Waals surface area contributed by atoms with Crippen molar-refractivity contribution in [3.63, 3.8) is 0 Å². The maximum absolute atomic E-state index is 10.8. The van der Waals surface area contributed by atoms with Gasteiger partial charge in [0.25, 0.3) is 0 Å². The molecule has 18 heavy (non-hydrogen) atoms. The van der Waals surface area contributed by atoms with Gasteiger partial charge in [-0.2, -0.15) is 0 Å². The highest BCUT2D eigenvalue weighted by molar-refractivity contribution is 6.03. The molecule has 3 nitrogen and oxygen atoms in total. The van der Waals surface area contributed by atoms with Crippen LogP contribution >= 0.6 is 0 Å². The lowest BCUT2D eigenvalue weighted by molar-refractivity contribution is -0.140. The molecule has 0 saturated carbocycles. The maximum atomic E-state index is 10.8. The average molecular weight is 243 g/mol. The molecule has 0 aromatic carbocycles. The lowest BCUT2D eigenvalue weighted by Gasteiger charge is -2.34. The summed E-state index contributed by atoms with van der Waals surface area (Å²) in [4.78, 5) is 15.5. The van der Waals surface area contributed by atoms with E-state index in [-0.39, 0.29) is 5.41 Å². The van der Waals surface area contributed by atoms with Crippen molar-refractivity contribution >= 4 is 11.7 Å². The summed E-state index contributed by atoms with van der Waals surface area (Å²) in [6, 6.07) is 0. The van der Waals surface area contributed by atoms with E-state index >= 15 is 0 Å². The molecular formula is C15H17NO2. The quantitative estimate of drug-likeness (QED) is 0.424. The van der Waals surface area contributed by atoms with Gasteiger partial charge in [-0.15, -0.1) is 0 Å². The van der Waals surface area contributed by atoms with Gasteiger partial charge in [0.2, 0.25) is 0 Å². The highest BCUT2D eigenvalue weighted by Gasteiger charge is 2.31. The van der Waals surface area contributed by atoms with Crippen molar-refractivity contribution in [1.82, 2.24) is 0 Å². The van der Waals surface area contributed by atoms with Crippen molar-refractivity contribution in [3.8, 4) is 0 Å². The number of rotatable bonds is 2. The van der Waals surface area contributed by atoms with Gasteiger partial charge in [0.15, 0.2) is 0 Å². The number of fused-ring (bicyclic) bond motifs is 1. The van der Waals surface area contributed by atoms with Crippen LogP contribution in [-0.4, -0.2) is 11.7 Å². The number of oxime groups is 1. The third-order valence-electron chi connectivity index (χ3n) is 3.27. The van der Waals surface area contributed by atoms with E-state index in [0.717, 1.165) is 17.7 Å². The Bertz CT molecular complexity index is 521. The van der Waals surface area contributed by atoms with Crippen molar-refractivity contribution in [2.75, 3.05) is 0 Å². The molecule has 0 saturated heterocycles. The van der Waals surface area contributed by atoms with Crippen LogP contribution in [0.2, 0.25) is 0 Å². The second-order valence-electron chi connectivity index (χ2n) is 4.83. The lowest BCUT2D eigenvalue weighted by Crippen LogP contribution is -2.23. The molecule has 0 bridgehead atoms. The Hall–Kier alpha value is -1.90. The minimum absolute atomic E-state index is 0.0197. The molecule has 0 aliphatic heterocycles. The Labute approximate surface area is 107 Å². The zero-order chi connectivity index (χ0) is 13.2. The Balaban J connectivity index is 2.33. The van der Waals surface area contributed by atoms with Crippen molar-refractivity contribution in [2.45, 2.75) is 27.2 Å². The maximum Gasteiger partial charge on any atom is 0.331 e. The van der Waals surface area contributed by atoms with E-state index in [1.807, 2.05) is 19.1 Å². The summed E-state index contributed by atoms with van der Waals surface area (Å²) in [6.45, 7) is 5.40. The standard InChI is InChI=1S/C15H17NO2/c1-11(16-18-12(2)17)13-7-6-10-15(3)9-5-4-8-14(13)15/h4-8,10H,9H2,1-3H3/b16-11-/t15-/m0/s1. The van der Waals surface area contributed by atoms with Gasteiger partial charge in [0.05, 0.1) is 5.71 Å². The number of carbonyl (C=O) groups is 1. The first-order valence-electron chi connectivity index (χ1n) is 6.03. The van der Waals surface area contributed by atoms with Gasteiger partial charge in [0.1, 0.15) is 0 Å². The third-order valence-corrected chi connectivity index (χ3v) is 3.27. The van der Waals surface area contributed by atoms with Crippen LogP contribution in [0.4, 0.5) is 0 Å². The van der Waals surface area contributed by atoms with Gasteiger partial charge in [-0.1, -0.05) is 48.5 Å². The van der Waals surface area contributed by atoms with Crippen LogP contribution in [0.5, 0.6) is 0 Å². The van der Waals surface area contributed by atoms with Crippen molar-refractivity contribution in [2.24, 2.45) is 10.6 Å². The van der Waals surface area contributed by atoms with Crippen molar-refractivity contribution < 1.29 is 9.63 Å². The number of carbonyl (C=O) groups excluding carboxylic acids is 1. The largest absolute Gasteiger partial charge is 0.331 e. The van der Waals surface area contributed by atoms with Crippen LogP contribution in [0.3, 0.4) is 0 Å². The average Bonchev–Trinajstić information content (AvgIpc) is 2.34. The predicted octanol–water partition coefficient (Wildman–Crippen LogP) is 3.31. The zero-order valence-corrected chi connectivity index (χ0v) is 10.9. The van der Waals surface area contributed by atoms with Crippen LogP contribution in [0.15, 0.2) is 52.8 Å². The predicted molar refractivity (Wildman–Crippen MR) is 72.0 cm³/mol. The molecule has 0 amide bonds. The number of allylic oxidation sites excluding steroid dienone is 8. The van der Waals surface area contributed by atoms with E-state index < -0.39 is 5.97 Å². The molecule has 1 atom stereocenters. The van der Waals surface area contributed by atoms with E-state index in [0.29, 0.717) is 0 Å². The smallest absolute Gasteiger partial charge is 0.318 e. The number of nitrogens with zero attached hydrogens (tertiary/aromatic N) is 1. The Morgan fingerprint density at radius 3 is 2.83 bits per heavy atom. The van der Waals surface area contributed by atoms with Gasteiger partial charge in [-0.05, 0) is 18.9 Å². The highest BCUT2D eigenvalue weighted by Crippen LogP contribution is 2.42. The van der Waals surface area contributed by atoms with E-state index in [1.54, 1.807) is 0 Å². The molecule has 0 fully saturated rings. The normalized spacial score (nSPS) is 26.3. The molecule has 0 heterocycles. The molecule has 2 aliphatic rings. The molecule has 0 unspecified atom stereocenters. The van der Waals surface area contributed by atoms with Crippen LogP contribution in [0, 0.1) is 5.41 Å². The molecule has 94 valence electrons. The van der Waals surface area contributed by atoms with Crippen molar-refractivity contribution in [3.05, 3.63) is 47.6 Å². The molecule has 2 rings (SSSR count). The Morgan fingerprint density at radius 1 is 1.33 bits per heavy atom. The topological polar surface area (TPSA) is 38.7 Å². The molecule has 0 aromatic heterocycles. The molecule has 0 radical (unpaired) electrons. The second kappa shape index (κ2) is 4.77. The summed E-state index contributed by atoms with van der Waals surface area (Å²) < 4.78 is 0. The first-order chi connectivity index (χ1) is 8.53. The zero-order valence-electron chi connectivity index (χ0n) is 10.9. The van der Waals surface area contributed by atoms with Crippen LogP contribution in [0.25, 0.3) is 0 Å². The molecule has 0 spiro atoms. The molecular weight excluding hydrogens is 226 g/mol. The Morgan fingerprint density at radius 2 is 2.11 bits per heavy atom. The summed E-state index contributed by atoms with van der Waals surface area (Å²) in [5, 5.41) is 3.87. The van der Waals surface area contributed by atoms with Gasteiger partial charge >= 0.3 is 5.97 Å². The number of hydrogen-bond donors (Lipinski definition) is 0. The van der Waals surface area contributed by atoms with E-state index in [2.05, 4.69) is 36.4 Å². The molecule has 0 aromatic rings. The fraction of sp³-hybridized carbons (Fsp3) is 0.333. The monoisotopic (exact) mass is 243 g/mol. The fourth-order valence-corrected chi connectivity index (χ4v) is 2.28. The first-order valence-corrected chi connectivity index (χ1v) is 6.03. The summed E-state index contributed by atoms with van der Waals surface area (Å²) in [5.41, 5.74) is 3.00. The minimum atomic E-state index is -0.401. The van der Waals surface area contributed by atoms with Crippen LogP contribution in [0.1, 0.15) is 27.2 Å². The van der Waals surface area contributed by atoms with Crippen molar-refractivity contribution in [1.29, 1.82) is 0 Å². The summed E-state index contributed by atoms with van der Waals surface area (Å²) in [7, 11) is 0. The summed E-state index contributed by atoms with van der Waals surface area (Å²) in [5.74, 6) is -0.401. The summed E-state index contributed by atoms with van der Waals surface area (Å²) in [6.07, 6.45) is 13.6. The second-order valence-corrected chi connectivity index (χ2v) is 4.83. The number of hydrogen-bond acceptors (Lipinski definition) is 3. The van der Waals surface area contributed by atoms with Gasteiger partial charge < -0.3 is 4.84 Å². The first kappa shape index (κ1) is 12.6. The molecule has 0 N–H and O–H groups in total. The van der Waals surface area contributed by atoms with Gasteiger partial charge in [-0.25, -0.2) is 4.79 Å². The van der Waals surface area contributed by atoms with Gasteiger partial charge in [0, 0.05) is 17.9 Å². The fourth-order valence-electron chi connectivity index (χ4n) is 2.28. The van der Waals surface area contributed by atoms with E-state index in [4.69, 9.17) is 4.84 Å². The third kappa shape index (κ3) is 2.35. The lowest BCUT2D eigenvalue weighted by atomic mass is 9.70. The van der Waals surface area contributed by atoms with E-state index in [1.165, 1.54) is 12.5 Å². The van der Waals surface area contributed by atoms with Gasteiger partial charge in [-0.3, -0.25) is 0 Å². The highest BCUT2D eigenvalue weighted by atomic mass is 16.7. The minimum Gasteiger partial charge on any atom is -0.318 e. The summed E-state index contributed by atoms with van der Waals surface area (Å²) >= 11 is 0. The van der Waals surface area contributed by atoms with E-state index in [9.17, 15) is 4.79 Å². The molecule has 3 heteroatoms. The van der Waals surface area contributed by atoms with Crippen LogP contribution in [-0.2, 0) is 9.63 Å². The Kier molecular flexibility index (Phi) is 3.32. The molecule has 2 aliphatic carbocycles. The SMILES string of the molecule is CC(=O)O/N=C(/C)C1=CC=C[C@]2(C)CC=CC=C12.